The molecule has 0 radical (unpaired) electrons. The third-order valence-electron chi connectivity index (χ3n) is 3.54. The molecular weight excluding hydrogens is 276 g/mol. The highest BCUT2D eigenvalue weighted by Gasteiger charge is 2.11. The molecule has 0 spiro atoms. The molecule has 3 rings (SSSR count). The SMILES string of the molecule is Cc1[nH]ccc1C(=O)Nc1ccc(-c2ccccc2)c(O)c1. The Balaban J connectivity index is 1.84. The lowest BCUT2D eigenvalue weighted by atomic mass is 10.0. The summed E-state index contributed by atoms with van der Waals surface area (Å²) in [5.41, 5.74) is 3.62. The predicted molar refractivity (Wildman–Crippen MR) is 87.0 cm³/mol. The Morgan fingerprint density at radius 3 is 2.50 bits per heavy atom. The molecule has 3 aromatic rings. The van der Waals surface area contributed by atoms with Gasteiger partial charge in [-0.25, -0.2) is 0 Å². The van der Waals surface area contributed by atoms with Crippen molar-refractivity contribution in [2.24, 2.45) is 0 Å². The molecule has 0 aliphatic carbocycles. The minimum absolute atomic E-state index is 0.134. The second kappa shape index (κ2) is 5.77. The van der Waals surface area contributed by atoms with Gasteiger partial charge in [-0.15, -0.1) is 0 Å². The van der Waals surface area contributed by atoms with Crippen molar-refractivity contribution in [1.29, 1.82) is 0 Å². The average Bonchev–Trinajstić information content (AvgIpc) is 2.94. The van der Waals surface area contributed by atoms with Crippen LogP contribution in [-0.4, -0.2) is 16.0 Å². The number of H-pyrrole nitrogens is 1. The Labute approximate surface area is 128 Å². The number of amides is 1. The molecule has 0 aliphatic heterocycles. The Morgan fingerprint density at radius 2 is 1.86 bits per heavy atom. The minimum Gasteiger partial charge on any atom is -0.507 e. The number of benzene rings is 2. The monoisotopic (exact) mass is 292 g/mol. The number of hydrogen-bond donors (Lipinski definition) is 3. The van der Waals surface area contributed by atoms with Crippen LogP contribution in [0.2, 0.25) is 0 Å². The average molecular weight is 292 g/mol. The van der Waals surface area contributed by atoms with Gasteiger partial charge in [-0.1, -0.05) is 30.3 Å². The fourth-order valence-corrected chi connectivity index (χ4v) is 2.37. The maximum Gasteiger partial charge on any atom is 0.257 e. The van der Waals surface area contributed by atoms with Crippen LogP contribution in [0.25, 0.3) is 11.1 Å². The summed E-state index contributed by atoms with van der Waals surface area (Å²) in [4.78, 5) is 15.1. The van der Waals surface area contributed by atoms with Gasteiger partial charge in [0.05, 0.1) is 5.56 Å². The van der Waals surface area contributed by atoms with E-state index in [1.54, 1.807) is 30.5 Å². The number of aromatic amines is 1. The lowest BCUT2D eigenvalue weighted by Crippen LogP contribution is -2.12. The van der Waals surface area contributed by atoms with Crippen LogP contribution in [0.4, 0.5) is 5.69 Å². The van der Waals surface area contributed by atoms with Crippen LogP contribution in [-0.2, 0) is 0 Å². The highest BCUT2D eigenvalue weighted by Crippen LogP contribution is 2.31. The van der Waals surface area contributed by atoms with E-state index in [1.165, 1.54) is 0 Å². The van der Waals surface area contributed by atoms with E-state index in [4.69, 9.17) is 0 Å². The zero-order valence-electron chi connectivity index (χ0n) is 12.1. The molecule has 0 aliphatic rings. The molecule has 4 nitrogen and oxygen atoms in total. The first-order valence-corrected chi connectivity index (χ1v) is 6.99. The molecular formula is C18H16N2O2. The fraction of sp³-hybridized carbons (Fsp3) is 0.0556. The zero-order chi connectivity index (χ0) is 15.5. The van der Waals surface area contributed by atoms with Gasteiger partial charge in [-0.3, -0.25) is 4.79 Å². The number of aromatic hydroxyl groups is 1. The first-order chi connectivity index (χ1) is 10.6. The van der Waals surface area contributed by atoms with Crippen LogP contribution >= 0.6 is 0 Å². The molecule has 110 valence electrons. The van der Waals surface area contributed by atoms with E-state index >= 15 is 0 Å². The van der Waals surface area contributed by atoms with Gasteiger partial charge in [-0.2, -0.15) is 0 Å². The summed E-state index contributed by atoms with van der Waals surface area (Å²) in [5, 5.41) is 13.0. The second-order valence-electron chi connectivity index (χ2n) is 5.07. The number of hydrogen-bond acceptors (Lipinski definition) is 2. The van der Waals surface area contributed by atoms with Gasteiger partial charge >= 0.3 is 0 Å². The number of anilines is 1. The van der Waals surface area contributed by atoms with Crippen LogP contribution in [0.1, 0.15) is 16.1 Å². The Hall–Kier alpha value is -3.01. The minimum atomic E-state index is -0.203. The quantitative estimate of drug-likeness (QED) is 0.684. The smallest absolute Gasteiger partial charge is 0.257 e. The van der Waals surface area contributed by atoms with Crippen LogP contribution in [0.3, 0.4) is 0 Å². The van der Waals surface area contributed by atoms with Crippen molar-refractivity contribution in [2.45, 2.75) is 6.92 Å². The number of nitrogens with one attached hydrogen (secondary N) is 2. The first-order valence-electron chi connectivity index (χ1n) is 6.99. The molecule has 1 amide bonds. The third-order valence-corrected chi connectivity index (χ3v) is 3.54. The number of aromatic nitrogens is 1. The molecule has 0 fully saturated rings. The Morgan fingerprint density at radius 1 is 1.09 bits per heavy atom. The summed E-state index contributed by atoms with van der Waals surface area (Å²) >= 11 is 0. The van der Waals surface area contributed by atoms with E-state index in [-0.39, 0.29) is 11.7 Å². The number of carbonyl (C=O) groups excluding carboxylic acids is 1. The summed E-state index contributed by atoms with van der Waals surface area (Å²) in [5.74, 6) is -0.0691. The Kier molecular flexibility index (Phi) is 3.66. The van der Waals surface area contributed by atoms with E-state index in [0.29, 0.717) is 11.3 Å². The molecule has 0 unspecified atom stereocenters. The predicted octanol–water partition coefficient (Wildman–Crippen LogP) is 3.95. The van der Waals surface area contributed by atoms with Crippen molar-refractivity contribution >= 4 is 11.6 Å². The van der Waals surface area contributed by atoms with Gasteiger partial charge in [0, 0.05) is 29.2 Å². The normalized spacial score (nSPS) is 10.4. The summed E-state index contributed by atoms with van der Waals surface area (Å²) in [6.45, 7) is 1.84. The van der Waals surface area contributed by atoms with Gasteiger partial charge in [-0.05, 0) is 30.7 Å². The number of carbonyl (C=O) groups is 1. The maximum absolute atomic E-state index is 12.1. The summed E-state index contributed by atoms with van der Waals surface area (Å²) < 4.78 is 0. The number of aryl methyl sites for hydroxylation is 1. The first kappa shape index (κ1) is 13.9. The summed E-state index contributed by atoms with van der Waals surface area (Å²) in [6.07, 6.45) is 1.72. The van der Waals surface area contributed by atoms with E-state index in [2.05, 4.69) is 10.3 Å². The lowest BCUT2D eigenvalue weighted by molar-refractivity contribution is 0.102. The molecule has 22 heavy (non-hydrogen) atoms. The highest BCUT2D eigenvalue weighted by molar-refractivity contribution is 6.05. The van der Waals surface area contributed by atoms with Crippen LogP contribution in [0.5, 0.6) is 5.75 Å². The number of phenolic OH excluding ortho intramolecular Hbond substituents is 1. The van der Waals surface area contributed by atoms with E-state index in [9.17, 15) is 9.90 Å². The van der Waals surface area contributed by atoms with Gasteiger partial charge in [0.15, 0.2) is 0 Å². The van der Waals surface area contributed by atoms with E-state index in [1.807, 2.05) is 37.3 Å². The van der Waals surface area contributed by atoms with Gasteiger partial charge in [0.25, 0.3) is 5.91 Å². The van der Waals surface area contributed by atoms with Crippen molar-refractivity contribution in [2.75, 3.05) is 5.32 Å². The van der Waals surface area contributed by atoms with Crippen molar-refractivity contribution < 1.29 is 9.90 Å². The molecule has 0 bridgehead atoms. The van der Waals surface area contributed by atoms with Crippen LogP contribution in [0, 0.1) is 6.92 Å². The topological polar surface area (TPSA) is 65.1 Å². The van der Waals surface area contributed by atoms with Crippen LogP contribution in [0.15, 0.2) is 60.8 Å². The molecule has 1 aromatic heterocycles. The fourth-order valence-electron chi connectivity index (χ4n) is 2.37. The van der Waals surface area contributed by atoms with Crippen molar-refractivity contribution in [3.8, 4) is 16.9 Å². The molecule has 2 aromatic carbocycles. The van der Waals surface area contributed by atoms with Gasteiger partial charge in [0.1, 0.15) is 5.75 Å². The summed E-state index contributed by atoms with van der Waals surface area (Å²) in [7, 11) is 0. The molecule has 4 heteroatoms. The Bertz CT molecular complexity index is 807. The number of phenols is 1. The van der Waals surface area contributed by atoms with Gasteiger partial charge < -0.3 is 15.4 Å². The third kappa shape index (κ3) is 2.72. The zero-order valence-corrected chi connectivity index (χ0v) is 12.1. The maximum atomic E-state index is 12.1. The molecule has 0 saturated heterocycles. The highest BCUT2D eigenvalue weighted by atomic mass is 16.3. The van der Waals surface area contributed by atoms with Crippen molar-refractivity contribution in [3.05, 3.63) is 72.1 Å². The van der Waals surface area contributed by atoms with Crippen LogP contribution < -0.4 is 5.32 Å². The molecule has 3 N–H and O–H groups in total. The number of rotatable bonds is 3. The van der Waals surface area contributed by atoms with Crippen molar-refractivity contribution in [3.63, 3.8) is 0 Å². The summed E-state index contributed by atoms with van der Waals surface area (Å²) in [6, 6.07) is 16.5. The largest absolute Gasteiger partial charge is 0.507 e. The lowest BCUT2D eigenvalue weighted by Gasteiger charge is -2.09. The molecule has 1 heterocycles. The second-order valence-corrected chi connectivity index (χ2v) is 5.07. The van der Waals surface area contributed by atoms with E-state index < -0.39 is 0 Å². The van der Waals surface area contributed by atoms with Crippen molar-refractivity contribution in [1.82, 2.24) is 4.98 Å². The molecule has 0 atom stereocenters. The van der Waals surface area contributed by atoms with Gasteiger partial charge in [0.2, 0.25) is 0 Å². The standard InChI is InChI=1S/C18H16N2O2/c1-12-15(9-10-19-12)18(22)20-14-7-8-16(17(21)11-14)13-5-3-2-4-6-13/h2-11,19,21H,1H3,(H,20,22). The van der Waals surface area contributed by atoms with E-state index in [0.717, 1.165) is 16.8 Å². The molecule has 0 saturated carbocycles.